The number of hydrogen-bond acceptors (Lipinski definition) is 5. The van der Waals surface area contributed by atoms with Crippen LogP contribution in [0.4, 0.5) is 16.3 Å². The number of benzene rings is 1. The molecule has 1 aromatic heterocycles. The van der Waals surface area contributed by atoms with E-state index >= 15 is 0 Å². The summed E-state index contributed by atoms with van der Waals surface area (Å²) >= 11 is 0. The van der Waals surface area contributed by atoms with E-state index in [0.717, 1.165) is 17.1 Å². The number of carbonyl (C=O) groups is 1. The van der Waals surface area contributed by atoms with Gasteiger partial charge in [0.25, 0.3) is 0 Å². The van der Waals surface area contributed by atoms with E-state index in [1.54, 1.807) is 13.3 Å². The summed E-state index contributed by atoms with van der Waals surface area (Å²) in [5.74, 6) is 1.65. The number of nitrogens with zero attached hydrogens (tertiary/aromatic N) is 4. The third-order valence-corrected chi connectivity index (χ3v) is 4.50. The number of carboxylic acid groups (broad SMARTS) is 1. The van der Waals surface area contributed by atoms with E-state index < -0.39 is 6.09 Å². The molecule has 3 rings (SSSR count). The minimum absolute atomic E-state index is 0.0264. The summed E-state index contributed by atoms with van der Waals surface area (Å²) in [5, 5.41) is 13.6. The van der Waals surface area contributed by atoms with E-state index in [2.05, 4.69) is 10.00 Å². The molecular weight excluding hydrogens is 322 g/mol. The lowest BCUT2D eigenvalue weighted by Crippen LogP contribution is -2.54. The molecule has 0 spiro atoms. The zero-order valence-electron chi connectivity index (χ0n) is 14.4. The molecule has 8 nitrogen and oxygen atoms in total. The fourth-order valence-electron chi connectivity index (χ4n) is 3.17. The quantitative estimate of drug-likeness (QED) is 0.876. The van der Waals surface area contributed by atoms with Crippen molar-refractivity contribution in [1.82, 2.24) is 14.7 Å². The Kier molecular flexibility index (Phi) is 4.69. The highest BCUT2D eigenvalue weighted by molar-refractivity contribution is 5.67. The molecule has 0 aliphatic carbocycles. The Morgan fingerprint density at radius 1 is 1.36 bits per heavy atom. The van der Waals surface area contributed by atoms with Gasteiger partial charge in [0, 0.05) is 25.7 Å². The van der Waals surface area contributed by atoms with Crippen LogP contribution < -0.4 is 15.4 Å². The van der Waals surface area contributed by atoms with Crippen LogP contribution in [0.5, 0.6) is 5.75 Å². The molecule has 1 saturated heterocycles. The number of piperazine rings is 1. The standard InChI is InChI=1S/C17H23N5O3/c1-12-10-20(17(23)24)7-8-21(12)16-15(18)9-19-22(16)11-13-3-5-14(25-2)6-4-13/h3-6,9,12H,7-8,10-11,18H2,1-2H3,(H,23,24). The van der Waals surface area contributed by atoms with Gasteiger partial charge < -0.3 is 25.4 Å². The molecule has 25 heavy (non-hydrogen) atoms. The molecule has 0 saturated carbocycles. The minimum atomic E-state index is -0.883. The second-order valence-corrected chi connectivity index (χ2v) is 6.20. The SMILES string of the molecule is COc1ccc(Cn2ncc(N)c2N2CCN(C(=O)O)CC2C)cc1. The van der Waals surface area contributed by atoms with Gasteiger partial charge in [0.05, 0.1) is 25.5 Å². The first-order chi connectivity index (χ1) is 12.0. The van der Waals surface area contributed by atoms with Crippen LogP contribution in [0.15, 0.2) is 30.5 Å². The second-order valence-electron chi connectivity index (χ2n) is 6.20. The lowest BCUT2D eigenvalue weighted by Gasteiger charge is -2.40. The van der Waals surface area contributed by atoms with Gasteiger partial charge in [-0.25, -0.2) is 9.48 Å². The predicted molar refractivity (Wildman–Crippen MR) is 95.1 cm³/mol. The molecule has 3 N–H and O–H groups in total. The summed E-state index contributed by atoms with van der Waals surface area (Å²) in [6, 6.07) is 7.84. The first kappa shape index (κ1) is 16.9. The first-order valence-corrected chi connectivity index (χ1v) is 8.18. The van der Waals surface area contributed by atoms with Crippen molar-refractivity contribution in [3.05, 3.63) is 36.0 Å². The van der Waals surface area contributed by atoms with E-state index in [-0.39, 0.29) is 6.04 Å². The summed E-state index contributed by atoms with van der Waals surface area (Å²) in [4.78, 5) is 14.7. The van der Waals surface area contributed by atoms with Gasteiger partial charge in [-0.15, -0.1) is 0 Å². The molecule has 2 aromatic rings. The maximum Gasteiger partial charge on any atom is 0.407 e. The van der Waals surface area contributed by atoms with Gasteiger partial charge in [-0.1, -0.05) is 12.1 Å². The number of rotatable bonds is 4. The number of methoxy groups -OCH3 is 1. The fourth-order valence-corrected chi connectivity index (χ4v) is 3.17. The van der Waals surface area contributed by atoms with Crippen molar-refractivity contribution in [2.24, 2.45) is 0 Å². The smallest absolute Gasteiger partial charge is 0.407 e. The molecule has 0 radical (unpaired) electrons. The maximum atomic E-state index is 11.2. The van der Waals surface area contributed by atoms with Gasteiger partial charge in [-0.2, -0.15) is 5.10 Å². The van der Waals surface area contributed by atoms with Crippen LogP contribution >= 0.6 is 0 Å². The van der Waals surface area contributed by atoms with Crippen molar-refractivity contribution in [3.8, 4) is 5.75 Å². The van der Waals surface area contributed by atoms with Crippen molar-refractivity contribution >= 4 is 17.6 Å². The maximum absolute atomic E-state index is 11.2. The third kappa shape index (κ3) is 3.47. The van der Waals surface area contributed by atoms with E-state index in [1.807, 2.05) is 35.9 Å². The van der Waals surface area contributed by atoms with E-state index in [0.29, 0.717) is 31.9 Å². The lowest BCUT2D eigenvalue weighted by atomic mass is 10.2. The van der Waals surface area contributed by atoms with Gasteiger partial charge in [0.2, 0.25) is 0 Å². The van der Waals surface area contributed by atoms with Crippen LogP contribution in [-0.2, 0) is 6.54 Å². The molecular formula is C17H23N5O3. The monoisotopic (exact) mass is 345 g/mol. The van der Waals surface area contributed by atoms with Gasteiger partial charge in [0.15, 0.2) is 5.82 Å². The van der Waals surface area contributed by atoms with Crippen molar-refractivity contribution in [3.63, 3.8) is 0 Å². The van der Waals surface area contributed by atoms with Gasteiger partial charge >= 0.3 is 6.09 Å². The first-order valence-electron chi connectivity index (χ1n) is 8.18. The highest BCUT2D eigenvalue weighted by atomic mass is 16.5. The summed E-state index contributed by atoms with van der Waals surface area (Å²) in [6.07, 6.45) is 0.765. The Balaban J connectivity index is 1.80. The van der Waals surface area contributed by atoms with Gasteiger partial charge in [-0.05, 0) is 24.6 Å². The van der Waals surface area contributed by atoms with Crippen LogP contribution in [0.3, 0.4) is 0 Å². The number of nitrogens with two attached hydrogens (primary N) is 1. The lowest BCUT2D eigenvalue weighted by molar-refractivity contribution is 0.136. The highest BCUT2D eigenvalue weighted by Crippen LogP contribution is 2.28. The number of aromatic nitrogens is 2. The zero-order valence-corrected chi connectivity index (χ0v) is 14.4. The molecule has 0 bridgehead atoms. The molecule has 134 valence electrons. The summed E-state index contributed by atoms with van der Waals surface area (Å²) in [7, 11) is 1.64. The molecule has 1 aliphatic heterocycles. The van der Waals surface area contributed by atoms with Crippen LogP contribution in [0.1, 0.15) is 12.5 Å². The molecule has 1 fully saturated rings. The number of nitrogen functional groups attached to an aromatic ring is 1. The molecule has 8 heteroatoms. The second kappa shape index (κ2) is 6.92. The molecule has 1 amide bonds. The normalized spacial score (nSPS) is 17.6. The predicted octanol–water partition coefficient (Wildman–Crippen LogP) is 1.71. The molecule has 1 atom stereocenters. The molecule has 1 unspecified atom stereocenters. The van der Waals surface area contributed by atoms with Crippen molar-refractivity contribution in [2.45, 2.75) is 19.5 Å². The third-order valence-electron chi connectivity index (χ3n) is 4.50. The van der Waals surface area contributed by atoms with E-state index in [1.165, 1.54) is 4.90 Å². The minimum Gasteiger partial charge on any atom is -0.497 e. The van der Waals surface area contributed by atoms with Crippen LogP contribution in [0, 0.1) is 0 Å². The molecule has 1 aromatic carbocycles. The Labute approximate surface area is 146 Å². The van der Waals surface area contributed by atoms with Crippen LogP contribution in [0.25, 0.3) is 0 Å². The van der Waals surface area contributed by atoms with Gasteiger partial charge in [0.1, 0.15) is 5.75 Å². The summed E-state index contributed by atoms with van der Waals surface area (Å²) in [6.45, 7) is 4.07. The van der Waals surface area contributed by atoms with Gasteiger partial charge in [-0.3, -0.25) is 0 Å². The number of amides is 1. The van der Waals surface area contributed by atoms with Crippen LogP contribution in [-0.4, -0.2) is 58.7 Å². The Bertz CT molecular complexity index is 743. The topological polar surface area (TPSA) is 96.9 Å². The van der Waals surface area contributed by atoms with E-state index in [4.69, 9.17) is 10.5 Å². The van der Waals surface area contributed by atoms with Crippen molar-refractivity contribution in [1.29, 1.82) is 0 Å². The average molecular weight is 345 g/mol. The Hall–Kier alpha value is -2.90. The number of ether oxygens (including phenoxy) is 1. The average Bonchev–Trinajstić information content (AvgIpc) is 2.96. The number of hydrogen-bond donors (Lipinski definition) is 2. The van der Waals surface area contributed by atoms with E-state index in [9.17, 15) is 9.90 Å². The number of anilines is 2. The largest absolute Gasteiger partial charge is 0.497 e. The molecule has 2 heterocycles. The highest BCUT2D eigenvalue weighted by Gasteiger charge is 2.29. The fraction of sp³-hybridized carbons (Fsp3) is 0.412. The summed E-state index contributed by atoms with van der Waals surface area (Å²) < 4.78 is 7.05. The summed E-state index contributed by atoms with van der Waals surface area (Å²) in [5.41, 5.74) is 7.84. The Morgan fingerprint density at radius 2 is 2.08 bits per heavy atom. The zero-order chi connectivity index (χ0) is 18.0. The molecule has 1 aliphatic rings. The van der Waals surface area contributed by atoms with Crippen LogP contribution in [0.2, 0.25) is 0 Å². The van der Waals surface area contributed by atoms with Crippen molar-refractivity contribution < 1.29 is 14.6 Å². The van der Waals surface area contributed by atoms with Crippen molar-refractivity contribution in [2.75, 3.05) is 37.4 Å². The Morgan fingerprint density at radius 3 is 2.68 bits per heavy atom.